The maximum atomic E-state index is 3.56. The summed E-state index contributed by atoms with van der Waals surface area (Å²) in [4.78, 5) is 2.75. The summed E-state index contributed by atoms with van der Waals surface area (Å²) in [5.74, 6) is 1.03. The van der Waals surface area contributed by atoms with E-state index in [4.69, 9.17) is 0 Å². The molecule has 0 bridgehead atoms. The second kappa shape index (κ2) is 6.02. The fourth-order valence-corrected chi connectivity index (χ4v) is 3.19. The molecule has 0 aromatic rings. The third kappa shape index (κ3) is 3.21. The monoisotopic (exact) mass is 224 g/mol. The average molecular weight is 224 g/mol. The van der Waals surface area contributed by atoms with Gasteiger partial charge in [0.2, 0.25) is 0 Å². The second-order valence-corrected chi connectivity index (χ2v) is 5.63. The minimum atomic E-state index is 0.737. The van der Waals surface area contributed by atoms with Crippen molar-refractivity contribution in [3.8, 4) is 0 Å². The van der Waals surface area contributed by atoms with Crippen LogP contribution in [0.4, 0.5) is 0 Å². The van der Waals surface area contributed by atoms with Crippen LogP contribution in [0.15, 0.2) is 0 Å². The van der Waals surface area contributed by atoms with E-state index in [-0.39, 0.29) is 0 Å². The molecule has 2 heteroatoms. The summed E-state index contributed by atoms with van der Waals surface area (Å²) in [5, 5.41) is 3.56. The normalized spacial score (nSPS) is 31.7. The van der Waals surface area contributed by atoms with Gasteiger partial charge in [0.15, 0.2) is 0 Å². The third-order valence-electron chi connectivity index (χ3n) is 4.42. The van der Waals surface area contributed by atoms with Gasteiger partial charge in [-0.25, -0.2) is 0 Å². The first-order valence-electron chi connectivity index (χ1n) is 7.26. The minimum absolute atomic E-state index is 0.737. The van der Waals surface area contributed by atoms with Crippen LogP contribution in [-0.2, 0) is 0 Å². The Balaban J connectivity index is 1.94. The largest absolute Gasteiger partial charge is 0.315 e. The van der Waals surface area contributed by atoms with Crippen molar-refractivity contribution in [3.63, 3.8) is 0 Å². The van der Waals surface area contributed by atoms with Crippen molar-refractivity contribution >= 4 is 0 Å². The summed E-state index contributed by atoms with van der Waals surface area (Å²) in [6.45, 7) is 4.93. The predicted molar refractivity (Wildman–Crippen MR) is 69.7 cm³/mol. The van der Waals surface area contributed by atoms with Gasteiger partial charge in [-0.2, -0.15) is 0 Å². The van der Waals surface area contributed by atoms with E-state index in [1.54, 1.807) is 0 Å². The van der Waals surface area contributed by atoms with Crippen molar-refractivity contribution in [2.24, 2.45) is 5.92 Å². The Morgan fingerprint density at radius 2 is 1.81 bits per heavy atom. The summed E-state index contributed by atoms with van der Waals surface area (Å²) in [6, 6.07) is 1.54. The molecule has 0 saturated heterocycles. The lowest BCUT2D eigenvalue weighted by Gasteiger charge is -2.35. The fourth-order valence-electron chi connectivity index (χ4n) is 3.19. The zero-order chi connectivity index (χ0) is 11.4. The number of likely N-dealkylation sites (N-methyl/N-ethyl adjacent to an activating group) is 2. The molecule has 2 nitrogen and oxygen atoms in total. The Kier molecular flexibility index (Phi) is 4.66. The Morgan fingerprint density at radius 1 is 1.06 bits per heavy atom. The molecule has 1 N–H and O–H groups in total. The number of nitrogens with one attached hydrogen (secondary N) is 1. The van der Waals surface area contributed by atoms with Gasteiger partial charge in [0.25, 0.3) is 0 Å². The lowest BCUT2D eigenvalue weighted by atomic mass is 10.0. The molecule has 2 atom stereocenters. The Morgan fingerprint density at radius 3 is 2.44 bits per heavy atom. The van der Waals surface area contributed by atoms with Crippen LogP contribution >= 0.6 is 0 Å². The van der Waals surface area contributed by atoms with E-state index in [0.717, 1.165) is 18.0 Å². The highest BCUT2D eigenvalue weighted by molar-refractivity contribution is 4.88. The summed E-state index contributed by atoms with van der Waals surface area (Å²) >= 11 is 0. The second-order valence-electron chi connectivity index (χ2n) is 5.63. The maximum Gasteiger partial charge on any atom is 0.0249 e. The lowest BCUT2D eigenvalue weighted by Crippen LogP contribution is -2.49. The van der Waals surface area contributed by atoms with Gasteiger partial charge in [-0.05, 0) is 45.2 Å². The first kappa shape index (κ1) is 12.4. The maximum absolute atomic E-state index is 3.56. The van der Waals surface area contributed by atoms with Gasteiger partial charge in [0, 0.05) is 18.6 Å². The summed E-state index contributed by atoms with van der Waals surface area (Å²) in [6.07, 6.45) is 10.0. The minimum Gasteiger partial charge on any atom is -0.315 e. The highest BCUT2D eigenvalue weighted by atomic mass is 15.2. The van der Waals surface area contributed by atoms with Gasteiger partial charge in [-0.3, -0.25) is 4.90 Å². The van der Waals surface area contributed by atoms with Gasteiger partial charge in [0.05, 0.1) is 0 Å². The molecule has 0 aliphatic heterocycles. The van der Waals surface area contributed by atoms with Gasteiger partial charge < -0.3 is 5.32 Å². The van der Waals surface area contributed by atoms with Crippen LogP contribution in [0.25, 0.3) is 0 Å². The van der Waals surface area contributed by atoms with Crippen molar-refractivity contribution in [2.75, 3.05) is 20.1 Å². The molecular weight excluding hydrogens is 196 g/mol. The molecule has 2 fully saturated rings. The highest BCUT2D eigenvalue weighted by Crippen LogP contribution is 2.32. The molecule has 2 aliphatic carbocycles. The van der Waals surface area contributed by atoms with Crippen molar-refractivity contribution < 1.29 is 0 Å². The molecule has 94 valence electrons. The van der Waals surface area contributed by atoms with Gasteiger partial charge in [0.1, 0.15) is 0 Å². The Bertz CT molecular complexity index is 201. The predicted octanol–water partition coefficient (Wildman–Crippen LogP) is 2.64. The van der Waals surface area contributed by atoms with E-state index >= 15 is 0 Å². The average Bonchev–Trinajstić information content (AvgIpc) is 3.12. The van der Waals surface area contributed by atoms with Crippen LogP contribution < -0.4 is 5.32 Å². The summed E-state index contributed by atoms with van der Waals surface area (Å²) in [5.41, 5.74) is 0. The number of nitrogens with zero attached hydrogens (tertiary/aromatic N) is 1. The molecule has 0 spiro atoms. The molecule has 2 unspecified atom stereocenters. The first-order chi connectivity index (χ1) is 7.85. The third-order valence-corrected chi connectivity index (χ3v) is 4.42. The SMILES string of the molecule is CCN(CC1CC1)C1CCCCCC1NC. The highest BCUT2D eigenvalue weighted by Gasteiger charge is 2.31. The molecule has 0 amide bonds. The summed E-state index contributed by atoms with van der Waals surface area (Å²) < 4.78 is 0. The Labute approximate surface area is 101 Å². The zero-order valence-corrected chi connectivity index (χ0v) is 11.0. The molecule has 0 aromatic heterocycles. The lowest BCUT2D eigenvalue weighted by molar-refractivity contribution is 0.152. The van der Waals surface area contributed by atoms with E-state index in [0.29, 0.717) is 0 Å². The van der Waals surface area contributed by atoms with E-state index in [2.05, 4.69) is 24.2 Å². The number of rotatable bonds is 5. The van der Waals surface area contributed by atoms with Crippen molar-refractivity contribution in [1.82, 2.24) is 10.2 Å². The molecule has 0 aromatic carbocycles. The van der Waals surface area contributed by atoms with Crippen LogP contribution in [0, 0.1) is 5.92 Å². The Hall–Kier alpha value is -0.0800. The van der Waals surface area contributed by atoms with Crippen LogP contribution in [0.2, 0.25) is 0 Å². The molecule has 0 heterocycles. The standard InChI is InChI=1S/C14H28N2/c1-3-16(11-12-9-10-12)14-8-6-4-5-7-13(14)15-2/h12-15H,3-11H2,1-2H3. The van der Waals surface area contributed by atoms with Crippen molar-refractivity contribution in [3.05, 3.63) is 0 Å². The molecular formula is C14H28N2. The smallest absolute Gasteiger partial charge is 0.0249 e. The van der Waals surface area contributed by atoms with Gasteiger partial charge in [-0.1, -0.05) is 26.2 Å². The van der Waals surface area contributed by atoms with E-state index in [9.17, 15) is 0 Å². The van der Waals surface area contributed by atoms with Crippen LogP contribution in [-0.4, -0.2) is 37.1 Å². The molecule has 2 rings (SSSR count). The summed E-state index contributed by atoms with van der Waals surface area (Å²) in [7, 11) is 2.15. The molecule has 2 aliphatic rings. The first-order valence-corrected chi connectivity index (χ1v) is 7.26. The zero-order valence-electron chi connectivity index (χ0n) is 11.0. The fraction of sp³-hybridized carbons (Fsp3) is 1.00. The molecule has 2 saturated carbocycles. The van der Waals surface area contributed by atoms with Crippen molar-refractivity contribution in [1.29, 1.82) is 0 Å². The van der Waals surface area contributed by atoms with Crippen LogP contribution in [0.1, 0.15) is 51.9 Å². The van der Waals surface area contributed by atoms with Gasteiger partial charge in [-0.15, -0.1) is 0 Å². The van der Waals surface area contributed by atoms with E-state index in [1.165, 1.54) is 58.0 Å². The number of hydrogen-bond acceptors (Lipinski definition) is 2. The quantitative estimate of drug-likeness (QED) is 0.722. The topological polar surface area (TPSA) is 15.3 Å². The van der Waals surface area contributed by atoms with Crippen LogP contribution in [0.3, 0.4) is 0 Å². The number of hydrogen-bond donors (Lipinski definition) is 1. The van der Waals surface area contributed by atoms with E-state index in [1.807, 2.05) is 0 Å². The van der Waals surface area contributed by atoms with E-state index < -0.39 is 0 Å². The van der Waals surface area contributed by atoms with Crippen LogP contribution in [0.5, 0.6) is 0 Å². The molecule has 16 heavy (non-hydrogen) atoms. The van der Waals surface area contributed by atoms with Crippen molar-refractivity contribution in [2.45, 2.75) is 64.0 Å². The molecule has 0 radical (unpaired) electrons. The van der Waals surface area contributed by atoms with Gasteiger partial charge >= 0.3 is 0 Å².